The lowest BCUT2D eigenvalue weighted by Gasteiger charge is -2.27. The number of hydrazone groups is 1. The summed E-state index contributed by atoms with van der Waals surface area (Å²) in [7, 11) is -3.11. The molecule has 0 aromatic heterocycles. The smallest absolute Gasteiger partial charge is 0.267 e. The van der Waals surface area contributed by atoms with Crippen LogP contribution in [0.15, 0.2) is 35.4 Å². The SMILES string of the molecule is O=C(NCCc1ccccc1)C1=NN(C2CCS(=O)(=O)C2)C(=O)CC1. The minimum atomic E-state index is -3.11. The van der Waals surface area contributed by atoms with Crippen LogP contribution in [0.5, 0.6) is 0 Å². The van der Waals surface area contributed by atoms with Crippen molar-refractivity contribution in [3.8, 4) is 0 Å². The van der Waals surface area contributed by atoms with Gasteiger partial charge in [-0.05, 0) is 18.4 Å². The highest BCUT2D eigenvalue weighted by Crippen LogP contribution is 2.22. The second kappa shape index (κ2) is 7.35. The molecule has 1 fully saturated rings. The van der Waals surface area contributed by atoms with E-state index in [1.807, 2.05) is 30.3 Å². The fraction of sp³-hybridized carbons (Fsp3) is 0.471. The van der Waals surface area contributed by atoms with Gasteiger partial charge in [0.15, 0.2) is 9.84 Å². The van der Waals surface area contributed by atoms with Crippen molar-refractivity contribution in [1.82, 2.24) is 10.3 Å². The van der Waals surface area contributed by atoms with Crippen LogP contribution in [0.25, 0.3) is 0 Å². The summed E-state index contributed by atoms with van der Waals surface area (Å²) in [6, 6.07) is 9.36. The molecule has 0 aliphatic carbocycles. The number of rotatable bonds is 5. The summed E-state index contributed by atoms with van der Waals surface area (Å²) < 4.78 is 23.2. The molecular formula is C17H21N3O4S. The van der Waals surface area contributed by atoms with Crippen LogP contribution >= 0.6 is 0 Å². The predicted molar refractivity (Wildman–Crippen MR) is 93.7 cm³/mol. The van der Waals surface area contributed by atoms with Crippen LogP contribution < -0.4 is 5.32 Å². The summed E-state index contributed by atoms with van der Waals surface area (Å²) in [4.78, 5) is 24.3. The van der Waals surface area contributed by atoms with Gasteiger partial charge in [0.25, 0.3) is 5.91 Å². The van der Waals surface area contributed by atoms with Crippen molar-refractivity contribution in [3.05, 3.63) is 35.9 Å². The van der Waals surface area contributed by atoms with Gasteiger partial charge in [0.2, 0.25) is 5.91 Å². The Morgan fingerprint density at radius 2 is 2.00 bits per heavy atom. The Morgan fingerprint density at radius 1 is 1.24 bits per heavy atom. The van der Waals surface area contributed by atoms with Gasteiger partial charge in [-0.15, -0.1) is 0 Å². The maximum Gasteiger partial charge on any atom is 0.267 e. The largest absolute Gasteiger partial charge is 0.351 e. The van der Waals surface area contributed by atoms with Crippen LogP contribution in [0.1, 0.15) is 24.8 Å². The lowest BCUT2D eigenvalue weighted by atomic mass is 10.1. The average molecular weight is 363 g/mol. The molecule has 1 saturated heterocycles. The number of hydrogen-bond acceptors (Lipinski definition) is 5. The van der Waals surface area contributed by atoms with Gasteiger partial charge < -0.3 is 5.32 Å². The molecule has 2 aliphatic heterocycles. The predicted octanol–water partition coefficient (Wildman–Crippen LogP) is 0.511. The Hall–Kier alpha value is -2.22. The van der Waals surface area contributed by atoms with Crippen LogP contribution in [0.3, 0.4) is 0 Å². The van der Waals surface area contributed by atoms with Crippen molar-refractivity contribution in [3.63, 3.8) is 0 Å². The highest BCUT2D eigenvalue weighted by molar-refractivity contribution is 7.91. The third kappa shape index (κ3) is 4.45. The minimum Gasteiger partial charge on any atom is -0.351 e. The summed E-state index contributed by atoms with van der Waals surface area (Å²) in [5.41, 5.74) is 1.42. The van der Waals surface area contributed by atoms with Gasteiger partial charge in [-0.2, -0.15) is 5.10 Å². The maximum absolute atomic E-state index is 12.3. The zero-order valence-corrected chi connectivity index (χ0v) is 14.7. The topological polar surface area (TPSA) is 95.9 Å². The van der Waals surface area contributed by atoms with E-state index in [4.69, 9.17) is 0 Å². The van der Waals surface area contributed by atoms with Crippen LogP contribution in [-0.2, 0) is 25.8 Å². The van der Waals surface area contributed by atoms with Crippen LogP contribution in [-0.4, -0.2) is 55.0 Å². The van der Waals surface area contributed by atoms with Crippen molar-refractivity contribution < 1.29 is 18.0 Å². The molecule has 0 spiro atoms. The first-order valence-electron chi connectivity index (χ1n) is 8.37. The molecule has 1 aromatic carbocycles. The quantitative estimate of drug-likeness (QED) is 0.824. The molecule has 3 rings (SSSR count). The zero-order valence-electron chi connectivity index (χ0n) is 13.8. The molecule has 2 amide bonds. The highest BCUT2D eigenvalue weighted by atomic mass is 32.2. The fourth-order valence-corrected chi connectivity index (χ4v) is 4.75. The van der Waals surface area contributed by atoms with E-state index in [9.17, 15) is 18.0 Å². The standard InChI is InChI=1S/C17H21N3O4S/c21-16-7-6-15(19-20(16)14-9-11-25(23,24)12-14)17(22)18-10-8-13-4-2-1-3-5-13/h1-5,14H,6-12H2,(H,18,22). The van der Waals surface area contributed by atoms with E-state index in [1.54, 1.807) is 0 Å². The maximum atomic E-state index is 12.3. The van der Waals surface area contributed by atoms with E-state index in [0.717, 1.165) is 5.56 Å². The molecule has 134 valence electrons. The third-order valence-electron chi connectivity index (χ3n) is 4.42. The summed E-state index contributed by atoms with van der Waals surface area (Å²) in [5, 5.41) is 8.19. The molecule has 1 atom stereocenters. The van der Waals surface area contributed by atoms with Gasteiger partial charge in [-0.3, -0.25) is 9.59 Å². The van der Waals surface area contributed by atoms with E-state index in [2.05, 4.69) is 10.4 Å². The first-order valence-corrected chi connectivity index (χ1v) is 10.2. The minimum absolute atomic E-state index is 0.0651. The molecule has 0 radical (unpaired) electrons. The molecule has 1 unspecified atom stereocenters. The zero-order chi connectivity index (χ0) is 17.9. The van der Waals surface area contributed by atoms with Crippen molar-refractivity contribution in [2.45, 2.75) is 31.7 Å². The summed E-state index contributed by atoms with van der Waals surface area (Å²) in [5.74, 6) is -0.530. The first-order chi connectivity index (χ1) is 11.9. The Bertz CT molecular complexity index is 789. The molecular weight excluding hydrogens is 342 g/mol. The Morgan fingerprint density at radius 3 is 2.68 bits per heavy atom. The van der Waals surface area contributed by atoms with Crippen molar-refractivity contribution in [2.75, 3.05) is 18.1 Å². The van der Waals surface area contributed by atoms with Gasteiger partial charge in [-0.25, -0.2) is 13.4 Å². The lowest BCUT2D eigenvalue weighted by Crippen LogP contribution is -2.44. The van der Waals surface area contributed by atoms with Crippen molar-refractivity contribution in [2.24, 2.45) is 5.10 Å². The third-order valence-corrected chi connectivity index (χ3v) is 6.17. The first kappa shape index (κ1) is 17.6. The molecule has 0 bridgehead atoms. The molecule has 8 heteroatoms. The molecule has 7 nitrogen and oxygen atoms in total. The number of hydrogen-bond donors (Lipinski definition) is 1. The summed E-state index contributed by atoms with van der Waals surface area (Å²) in [6.45, 7) is 0.480. The number of carbonyl (C=O) groups excluding carboxylic acids is 2. The van der Waals surface area contributed by atoms with Gasteiger partial charge in [0, 0.05) is 19.4 Å². The number of benzene rings is 1. The Kier molecular flexibility index (Phi) is 5.17. The molecule has 2 aliphatic rings. The summed E-state index contributed by atoms with van der Waals surface area (Å²) >= 11 is 0. The normalized spacial score (nSPS) is 22.6. The molecule has 1 aromatic rings. The van der Waals surface area contributed by atoms with Crippen molar-refractivity contribution in [1.29, 1.82) is 0 Å². The van der Waals surface area contributed by atoms with Crippen molar-refractivity contribution >= 4 is 27.4 Å². The van der Waals surface area contributed by atoms with E-state index < -0.39 is 15.9 Å². The number of amides is 2. The van der Waals surface area contributed by atoms with E-state index in [0.29, 0.717) is 19.4 Å². The fourth-order valence-electron chi connectivity index (χ4n) is 3.06. The number of carbonyl (C=O) groups is 2. The Balaban J connectivity index is 1.60. The average Bonchev–Trinajstić information content (AvgIpc) is 2.96. The molecule has 25 heavy (non-hydrogen) atoms. The number of sulfone groups is 1. The second-order valence-electron chi connectivity index (χ2n) is 6.33. The van der Waals surface area contributed by atoms with Gasteiger partial charge in [-0.1, -0.05) is 30.3 Å². The van der Waals surface area contributed by atoms with Crippen LogP contribution in [0.4, 0.5) is 0 Å². The molecule has 1 N–H and O–H groups in total. The number of nitrogens with one attached hydrogen (secondary N) is 1. The van der Waals surface area contributed by atoms with Crippen LogP contribution in [0, 0.1) is 0 Å². The molecule has 0 saturated carbocycles. The summed E-state index contributed by atoms with van der Waals surface area (Å²) in [6.07, 6.45) is 1.55. The lowest BCUT2D eigenvalue weighted by molar-refractivity contribution is -0.133. The van der Waals surface area contributed by atoms with E-state index >= 15 is 0 Å². The van der Waals surface area contributed by atoms with Gasteiger partial charge in [0.05, 0.1) is 17.5 Å². The second-order valence-corrected chi connectivity index (χ2v) is 8.56. The van der Waals surface area contributed by atoms with Crippen LogP contribution in [0.2, 0.25) is 0 Å². The Labute approximate surface area is 147 Å². The van der Waals surface area contributed by atoms with E-state index in [-0.39, 0.29) is 41.9 Å². The monoisotopic (exact) mass is 363 g/mol. The molecule has 2 heterocycles. The van der Waals surface area contributed by atoms with E-state index in [1.165, 1.54) is 5.01 Å². The number of nitrogens with zero attached hydrogens (tertiary/aromatic N) is 2. The van der Waals surface area contributed by atoms with Gasteiger partial charge >= 0.3 is 0 Å². The van der Waals surface area contributed by atoms with Gasteiger partial charge in [0.1, 0.15) is 5.71 Å². The highest BCUT2D eigenvalue weighted by Gasteiger charge is 2.37.